The Morgan fingerprint density at radius 3 is 0.882 bits per heavy atom. The van der Waals surface area contributed by atoms with E-state index in [1.165, 1.54) is 0 Å². The van der Waals surface area contributed by atoms with Gasteiger partial charge in [-0.25, -0.2) is 0 Å². The van der Waals surface area contributed by atoms with Crippen LogP contribution in [0.4, 0.5) is 11.4 Å². The van der Waals surface area contributed by atoms with Crippen LogP contribution in [0.15, 0.2) is 60.7 Å². The number of benzene rings is 2. The second-order valence-corrected chi connectivity index (χ2v) is 2.82. The number of rotatable bonds is 0. The van der Waals surface area contributed by atoms with Gasteiger partial charge in [0.05, 0.1) is 0 Å². The summed E-state index contributed by atoms with van der Waals surface area (Å²) in [6.45, 7) is 0. The van der Waals surface area contributed by atoms with E-state index in [9.17, 15) is 0 Å². The van der Waals surface area contributed by atoms with Crippen molar-refractivity contribution in [1.82, 2.24) is 0 Å². The van der Waals surface area contributed by atoms with Gasteiger partial charge in [0.1, 0.15) is 0 Å². The summed E-state index contributed by atoms with van der Waals surface area (Å²) < 4.78 is 0. The zero-order chi connectivity index (χ0) is 10.2. The molecule has 2 aromatic rings. The summed E-state index contributed by atoms with van der Waals surface area (Å²) in [5.74, 6) is 0. The molecule has 0 amide bonds. The van der Waals surface area contributed by atoms with Gasteiger partial charge in [-0.2, -0.15) is 0 Å². The predicted molar refractivity (Wildman–Crippen MR) is 76.2 cm³/mol. The molecule has 5 heteroatoms. The van der Waals surface area contributed by atoms with Crippen LogP contribution in [0.25, 0.3) is 0 Å². The summed E-state index contributed by atoms with van der Waals surface area (Å²) in [5, 5.41) is 0. The molecular formula is C12H16Cl2N2Zn. The second-order valence-electron chi connectivity index (χ2n) is 2.82. The van der Waals surface area contributed by atoms with Gasteiger partial charge in [0.25, 0.3) is 0 Å². The first-order valence-corrected chi connectivity index (χ1v) is 4.40. The first-order valence-electron chi connectivity index (χ1n) is 4.40. The molecule has 2 aromatic carbocycles. The quantitative estimate of drug-likeness (QED) is 0.576. The molecule has 0 spiro atoms. The van der Waals surface area contributed by atoms with E-state index in [0.717, 1.165) is 11.4 Å². The Bertz CT molecular complexity index is 320. The average molecular weight is 325 g/mol. The second kappa shape index (κ2) is 13.3. The van der Waals surface area contributed by atoms with E-state index in [2.05, 4.69) is 0 Å². The minimum atomic E-state index is 0. The summed E-state index contributed by atoms with van der Waals surface area (Å²) in [6, 6.07) is 19.0. The largest absolute Gasteiger partial charge is 0.399 e. The standard InChI is InChI=1S/2C6H7N.2ClH.Zn/c2*7-6-4-2-1-3-5-6;;;/h2*1-5H,7H2;2*1H;. The molecular weight excluding hydrogens is 308 g/mol. The van der Waals surface area contributed by atoms with Crippen LogP contribution in [0.5, 0.6) is 0 Å². The molecule has 0 atom stereocenters. The van der Waals surface area contributed by atoms with E-state index >= 15 is 0 Å². The summed E-state index contributed by atoms with van der Waals surface area (Å²) in [7, 11) is 0. The SMILES string of the molecule is Cl.Cl.Nc1ccccc1.Nc1ccccc1.[Zn]. The zero-order valence-electron chi connectivity index (χ0n) is 9.45. The zero-order valence-corrected chi connectivity index (χ0v) is 14.1. The van der Waals surface area contributed by atoms with E-state index in [1.807, 2.05) is 60.7 Å². The van der Waals surface area contributed by atoms with Crippen molar-refractivity contribution < 1.29 is 19.5 Å². The molecule has 0 saturated carbocycles. The van der Waals surface area contributed by atoms with Gasteiger partial charge in [0, 0.05) is 30.9 Å². The van der Waals surface area contributed by atoms with Gasteiger partial charge >= 0.3 is 0 Å². The van der Waals surface area contributed by atoms with Crippen LogP contribution in [0.3, 0.4) is 0 Å². The van der Waals surface area contributed by atoms with Crippen LogP contribution in [0.2, 0.25) is 0 Å². The Morgan fingerprint density at radius 1 is 0.529 bits per heavy atom. The summed E-state index contributed by atoms with van der Waals surface area (Å²) in [4.78, 5) is 0. The first kappa shape index (κ1) is 21.5. The van der Waals surface area contributed by atoms with E-state index in [0.29, 0.717) is 0 Å². The number of para-hydroxylation sites is 2. The third-order valence-electron chi connectivity index (χ3n) is 1.60. The molecule has 17 heavy (non-hydrogen) atoms. The Morgan fingerprint density at radius 2 is 0.765 bits per heavy atom. The Labute approximate surface area is 127 Å². The van der Waals surface area contributed by atoms with Gasteiger partial charge in [-0.3, -0.25) is 0 Å². The fourth-order valence-corrected chi connectivity index (χ4v) is 0.906. The van der Waals surface area contributed by atoms with Crippen LogP contribution in [-0.4, -0.2) is 0 Å². The number of hydrogen-bond donors (Lipinski definition) is 2. The maximum absolute atomic E-state index is 5.36. The molecule has 0 aliphatic rings. The molecule has 0 radical (unpaired) electrons. The maximum atomic E-state index is 5.36. The number of nitrogen functional groups attached to an aromatic ring is 2. The van der Waals surface area contributed by atoms with Gasteiger partial charge in [-0.15, -0.1) is 24.8 Å². The van der Waals surface area contributed by atoms with Crippen LogP contribution in [0.1, 0.15) is 0 Å². The van der Waals surface area contributed by atoms with Gasteiger partial charge in [-0.05, 0) is 24.3 Å². The maximum Gasteiger partial charge on any atom is 0.0313 e. The number of anilines is 2. The number of hydrogen-bond acceptors (Lipinski definition) is 2. The molecule has 0 unspecified atom stereocenters. The molecule has 0 bridgehead atoms. The van der Waals surface area contributed by atoms with Crippen LogP contribution in [-0.2, 0) is 19.5 Å². The topological polar surface area (TPSA) is 52.0 Å². The molecule has 0 heterocycles. The van der Waals surface area contributed by atoms with Crippen LogP contribution < -0.4 is 11.5 Å². The molecule has 0 fully saturated rings. The molecule has 2 nitrogen and oxygen atoms in total. The smallest absolute Gasteiger partial charge is 0.0313 e. The van der Waals surface area contributed by atoms with Gasteiger partial charge < -0.3 is 11.5 Å². The minimum absolute atomic E-state index is 0. The van der Waals surface area contributed by atoms with Crippen molar-refractivity contribution in [3.8, 4) is 0 Å². The normalized spacial score (nSPS) is 7.06. The van der Waals surface area contributed by atoms with Crippen molar-refractivity contribution in [3.63, 3.8) is 0 Å². The number of halogens is 2. The van der Waals surface area contributed by atoms with Gasteiger partial charge in [0.15, 0.2) is 0 Å². The van der Waals surface area contributed by atoms with Crippen molar-refractivity contribution in [2.45, 2.75) is 0 Å². The summed E-state index contributed by atoms with van der Waals surface area (Å²) in [5.41, 5.74) is 12.4. The molecule has 2 rings (SSSR count). The van der Waals surface area contributed by atoms with Crippen molar-refractivity contribution in [2.24, 2.45) is 0 Å². The fraction of sp³-hybridized carbons (Fsp3) is 0. The van der Waals surface area contributed by atoms with E-state index in [4.69, 9.17) is 11.5 Å². The minimum Gasteiger partial charge on any atom is -0.399 e. The van der Waals surface area contributed by atoms with Crippen molar-refractivity contribution in [3.05, 3.63) is 60.7 Å². The Balaban J connectivity index is -0.000000196. The van der Waals surface area contributed by atoms with Crippen LogP contribution >= 0.6 is 24.8 Å². The number of nitrogens with two attached hydrogens (primary N) is 2. The van der Waals surface area contributed by atoms with Crippen molar-refractivity contribution in [1.29, 1.82) is 0 Å². The molecule has 0 saturated heterocycles. The Hall–Kier alpha value is -0.757. The van der Waals surface area contributed by atoms with Crippen molar-refractivity contribution >= 4 is 36.2 Å². The third kappa shape index (κ3) is 11.5. The third-order valence-corrected chi connectivity index (χ3v) is 1.60. The summed E-state index contributed by atoms with van der Waals surface area (Å²) in [6.07, 6.45) is 0. The van der Waals surface area contributed by atoms with E-state index in [1.54, 1.807) is 0 Å². The van der Waals surface area contributed by atoms with Gasteiger partial charge in [-0.1, -0.05) is 36.4 Å². The predicted octanol–water partition coefficient (Wildman–Crippen LogP) is 3.38. The van der Waals surface area contributed by atoms with Crippen LogP contribution in [0, 0.1) is 0 Å². The first-order chi connectivity index (χ1) is 6.79. The molecule has 0 aromatic heterocycles. The Kier molecular flexibility index (Phi) is 16.8. The molecule has 0 aliphatic carbocycles. The summed E-state index contributed by atoms with van der Waals surface area (Å²) >= 11 is 0. The fourth-order valence-electron chi connectivity index (χ4n) is 0.906. The molecule has 90 valence electrons. The molecule has 4 N–H and O–H groups in total. The average Bonchev–Trinajstić information content (AvgIpc) is 2.21. The van der Waals surface area contributed by atoms with E-state index < -0.39 is 0 Å². The van der Waals surface area contributed by atoms with E-state index in [-0.39, 0.29) is 44.3 Å². The monoisotopic (exact) mass is 322 g/mol. The molecule has 0 aliphatic heterocycles. The van der Waals surface area contributed by atoms with Gasteiger partial charge in [0.2, 0.25) is 0 Å². The van der Waals surface area contributed by atoms with Crippen molar-refractivity contribution in [2.75, 3.05) is 11.5 Å².